The molecule has 2 aliphatic heterocycles. The van der Waals surface area contributed by atoms with Crippen molar-refractivity contribution in [3.63, 3.8) is 0 Å². The first-order valence-corrected chi connectivity index (χ1v) is 11.6. The Labute approximate surface area is 179 Å². The summed E-state index contributed by atoms with van der Waals surface area (Å²) < 4.78 is 29.3. The molecular weight excluding hydrogens is 422 g/mol. The SMILES string of the molecule is COc1ccc(N2Cc3cnc(S(C)(=O)=O)nc3C3(CCN(C(N)=O)CC3)C2=O)cc1. The van der Waals surface area contributed by atoms with Crippen molar-refractivity contribution in [2.45, 2.75) is 30.0 Å². The second kappa shape index (κ2) is 7.49. The van der Waals surface area contributed by atoms with Crippen LogP contribution in [0.25, 0.3) is 0 Å². The zero-order chi connectivity index (χ0) is 22.4. The molecule has 1 aromatic carbocycles. The van der Waals surface area contributed by atoms with Crippen molar-refractivity contribution < 1.29 is 22.7 Å². The fraction of sp³-hybridized carbons (Fsp3) is 0.400. The van der Waals surface area contributed by atoms with Gasteiger partial charge in [-0.1, -0.05) is 0 Å². The van der Waals surface area contributed by atoms with Crippen LogP contribution >= 0.6 is 0 Å². The average molecular weight is 446 g/mol. The molecule has 0 saturated carbocycles. The molecular formula is C20H23N5O5S. The van der Waals surface area contributed by atoms with E-state index in [1.54, 1.807) is 36.3 Å². The summed E-state index contributed by atoms with van der Waals surface area (Å²) in [6, 6.07) is 6.57. The summed E-state index contributed by atoms with van der Waals surface area (Å²) in [4.78, 5) is 36.9. The fourth-order valence-corrected chi connectivity index (χ4v) is 4.73. The first kappa shape index (κ1) is 21.0. The van der Waals surface area contributed by atoms with Gasteiger partial charge in [0, 0.05) is 36.8 Å². The molecule has 2 aromatic rings. The second-order valence-corrected chi connectivity index (χ2v) is 9.70. The van der Waals surface area contributed by atoms with Crippen molar-refractivity contribution in [2.24, 2.45) is 5.73 Å². The van der Waals surface area contributed by atoms with Gasteiger partial charge in [-0.2, -0.15) is 0 Å². The predicted molar refractivity (Wildman–Crippen MR) is 111 cm³/mol. The number of nitrogens with zero attached hydrogens (tertiary/aromatic N) is 4. The summed E-state index contributed by atoms with van der Waals surface area (Å²) in [6.07, 6.45) is 3.08. The van der Waals surface area contributed by atoms with E-state index in [2.05, 4.69) is 9.97 Å². The van der Waals surface area contributed by atoms with Crippen LogP contribution in [0.15, 0.2) is 35.6 Å². The first-order chi connectivity index (χ1) is 14.7. The smallest absolute Gasteiger partial charge is 0.314 e. The third kappa shape index (κ3) is 3.58. The molecule has 164 valence electrons. The summed E-state index contributed by atoms with van der Waals surface area (Å²) in [5, 5.41) is -0.311. The van der Waals surface area contributed by atoms with Gasteiger partial charge >= 0.3 is 6.03 Å². The highest BCUT2D eigenvalue weighted by Crippen LogP contribution is 2.43. The lowest BCUT2D eigenvalue weighted by atomic mass is 9.71. The van der Waals surface area contributed by atoms with E-state index in [1.165, 1.54) is 11.1 Å². The van der Waals surface area contributed by atoms with Crippen LogP contribution in [0.5, 0.6) is 5.75 Å². The van der Waals surface area contributed by atoms with Crippen LogP contribution in [0.3, 0.4) is 0 Å². The van der Waals surface area contributed by atoms with Crippen LogP contribution in [0, 0.1) is 0 Å². The monoisotopic (exact) mass is 445 g/mol. The lowest BCUT2D eigenvalue weighted by Gasteiger charge is -2.46. The predicted octanol–water partition coefficient (Wildman–Crippen LogP) is 0.848. The third-order valence-electron chi connectivity index (χ3n) is 5.92. The number of piperidine rings is 1. The minimum atomic E-state index is -3.65. The van der Waals surface area contributed by atoms with Crippen LogP contribution < -0.4 is 15.4 Å². The summed E-state index contributed by atoms with van der Waals surface area (Å²) in [7, 11) is -2.09. The van der Waals surface area contributed by atoms with E-state index in [1.807, 2.05) is 0 Å². The minimum absolute atomic E-state index is 0.188. The molecule has 1 saturated heterocycles. The van der Waals surface area contributed by atoms with Gasteiger partial charge < -0.3 is 20.3 Å². The summed E-state index contributed by atoms with van der Waals surface area (Å²) in [5.74, 6) is 0.478. The number of sulfone groups is 1. The number of carbonyl (C=O) groups excluding carboxylic acids is 2. The molecule has 31 heavy (non-hydrogen) atoms. The number of primary amides is 1. The van der Waals surface area contributed by atoms with Crippen molar-refractivity contribution >= 4 is 27.5 Å². The highest BCUT2D eigenvalue weighted by atomic mass is 32.2. The Kier molecular flexibility index (Phi) is 5.08. The molecule has 1 fully saturated rings. The molecule has 0 radical (unpaired) electrons. The Morgan fingerprint density at radius 1 is 1.19 bits per heavy atom. The second-order valence-electron chi connectivity index (χ2n) is 7.80. The molecule has 2 aliphatic rings. The molecule has 2 N–H and O–H groups in total. The standard InChI is InChI=1S/C20H23N5O5S/c1-30-15-5-3-14(4-6-15)25-12-13-11-22-19(31(2,28)29)23-16(13)20(17(25)26)7-9-24(10-8-20)18(21)27/h3-6,11H,7-10,12H2,1-2H3,(H2,21,27). The normalized spacial score (nSPS) is 18.1. The van der Waals surface area contributed by atoms with E-state index in [-0.39, 0.29) is 43.5 Å². The van der Waals surface area contributed by atoms with Gasteiger partial charge in [0.2, 0.25) is 20.9 Å². The van der Waals surface area contributed by atoms with E-state index in [9.17, 15) is 18.0 Å². The van der Waals surface area contributed by atoms with Gasteiger partial charge in [0.25, 0.3) is 0 Å². The lowest BCUT2D eigenvalue weighted by molar-refractivity contribution is -0.126. The number of fused-ring (bicyclic) bond motifs is 2. The number of anilines is 1. The summed E-state index contributed by atoms with van der Waals surface area (Å²) >= 11 is 0. The molecule has 10 nitrogen and oxygen atoms in total. The highest BCUT2D eigenvalue weighted by molar-refractivity contribution is 7.90. The largest absolute Gasteiger partial charge is 0.497 e. The van der Waals surface area contributed by atoms with Crippen LogP contribution in [0.1, 0.15) is 24.1 Å². The third-order valence-corrected chi connectivity index (χ3v) is 6.78. The topological polar surface area (TPSA) is 136 Å². The molecule has 0 unspecified atom stereocenters. The highest BCUT2D eigenvalue weighted by Gasteiger charge is 2.51. The average Bonchev–Trinajstić information content (AvgIpc) is 2.76. The van der Waals surface area contributed by atoms with Gasteiger partial charge in [0.15, 0.2) is 0 Å². The molecule has 3 amide bonds. The van der Waals surface area contributed by atoms with E-state index in [0.29, 0.717) is 22.7 Å². The van der Waals surface area contributed by atoms with Gasteiger partial charge in [0.05, 0.1) is 24.8 Å². The first-order valence-electron chi connectivity index (χ1n) is 9.72. The van der Waals surface area contributed by atoms with Gasteiger partial charge in [-0.05, 0) is 37.1 Å². The zero-order valence-electron chi connectivity index (χ0n) is 17.2. The molecule has 0 bridgehead atoms. The van der Waals surface area contributed by atoms with Crippen LogP contribution in [0.4, 0.5) is 10.5 Å². The van der Waals surface area contributed by atoms with Gasteiger partial charge in [0.1, 0.15) is 5.75 Å². The molecule has 4 rings (SSSR count). The number of aromatic nitrogens is 2. The number of ether oxygens (including phenoxy) is 1. The fourth-order valence-electron chi connectivity index (χ4n) is 4.23. The quantitative estimate of drug-likeness (QED) is 0.692. The Hall–Kier alpha value is -3.21. The Morgan fingerprint density at radius 3 is 2.39 bits per heavy atom. The van der Waals surface area contributed by atoms with Crippen molar-refractivity contribution in [1.82, 2.24) is 14.9 Å². The van der Waals surface area contributed by atoms with Crippen molar-refractivity contribution in [2.75, 3.05) is 31.4 Å². The number of carbonyl (C=O) groups is 2. The number of likely N-dealkylation sites (tertiary alicyclic amines) is 1. The molecule has 1 aromatic heterocycles. The van der Waals surface area contributed by atoms with Crippen LogP contribution in [0.2, 0.25) is 0 Å². The summed E-state index contributed by atoms with van der Waals surface area (Å²) in [6.45, 7) is 0.760. The molecule has 11 heteroatoms. The van der Waals surface area contributed by atoms with Gasteiger partial charge in [-0.15, -0.1) is 0 Å². The number of methoxy groups -OCH3 is 1. The Morgan fingerprint density at radius 2 is 1.84 bits per heavy atom. The van der Waals surface area contributed by atoms with E-state index in [4.69, 9.17) is 10.5 Å². The van der Waals surface area contributed by atoms with Crippen molar-refractivity contribution in [3.8, 4) is 5.75 Å². The van der Waals surface area contributed by atoms with Gasteiger partial charge in [-0.3, -0.25) is 4.79 Å². The van der Waals surface area contributed by atoms with E-state index >= 15 is 0 Å². The van der Waals surface area contributed by atoms with Crippen LogP contribution in [-0.4, -0.2) is 61.7 Å². The van der Waals surface area contributed by atoms with Gasteiger partial charge in [-0.25, -0.2) is 23.2 Å². The molecule has 3 heterocycles. The number of urea groups is 1. The number of nitrogens with two attached hydrogens (primary N) is 1. The molecule has 0 aliphatic carbocycles. The molecule has 0 atom stereocenters. The Bertz CT molecular complexity index is 1140. The maximum atomic E-state index is 13.8. The summed E-state index contributed by atoms with van der Waals surface area (Å²) in [5.41, 5.74) is 6.12. The number of hydrogen-bond acceptors (Lipinski definition) is 7. The minimum Gasteiger partial charge on any atom is -0.497 e. The number of rotatable bonds is 3. The molecule has 1 spiro atoms. The van der Waals surface area contributed by atoms with E-state index < -0.39 is 21.3 Å². The van der Waals surface area contributed by atoms with Crippen LogP contribution in [-0.2, 0) is 26.6 Å². The number of hydrogen-bond donors (Lipinski definition) is 1. The number of amides is 3. The number of benzene rings is 1. The maximum Gasteiger partial charge on any atom is 0.314 e. The zero-order valence-corrected chi connectivity index (χ0v) is 18.1. The Balaban J connectivity index is 1.82. The van der Waals surface area contributed by atoms with Crippen molar-refractivity contribution in [3.05, 3.63) is 41.7 Å². The van der Waals surface area contributed by atoms with E-state index in [0.717, 1.165) is 6.26 Å². The van der Waals surface area contributed by atoms with Crippen molar-refractivity contribution in [1.29, 1.82) is 0 Å². The lowest BCUT2D eigenvalue weighted by Crippen LogP contribution is -2.57. The maximum absolute atomic E-state index is 13.8.